The Kier molecular flexibility index (Phi) is 4.24. The summed E-state index contributed by atoms with van der Waals surface area (Å²) in [6.07, 6.45) is 2.77. The second-order valence-electron chi connectivity index (χ2n) is 4.36. The van der Waals surface area contributed by atoms with Crippen LogP contribution in [0.15, 0.2) is 24.3 Å². The Morgan fingerprint density at radius 1 is 1.25 bits per heavy atom. The van der Waals surface area contributed by atoms with Crippen molar-refractivity contribution in [2.75, 3.05) is 11.5 Å². The maximum atomic E-state index is 12.7. The molecule has 3 heteroatoms. The number of aliphatic hydroxyl groups is 1. The van der Waals surface area contributed by atoms with Gasteiger partial charge in [-0.15, -0.1) is 0 Å². The van der Waals surface area contributed by atoms with Gasteiger partial charge in [-0.25, -0.2) is 4.39 Å². The first-order chi connectivity index (χ1) is 7.75. The van der Waals surface area contributed by atoms with Crippen molar-refractivity contribution < 1.29 is 9.50 Å². The molecule has 0 radical (unpaired) electrons. The molecule has 1 heterocycles. The first-order valence-electron chi connectivity index (χ1n) is 5.77. The summed E-state index contributed by atoms with van der Waals surface area (Å²) in [6.45, 7) is 0. The van der Waals surface area contributed by atoms with Crippen LogP contribution in [0.5, 0.6) is 0 Å². The molecule has 0 amide bonds. The third-order valence-electron chi connectivity index (χ3n) is 3.15. The fourth-order valence-corrected chi connectivity index (χ4v) is 3.32. The lowest BCUT2D eigenvalue weighted by molar-refractivity contribution is 0.141. The van der Waals surface area contributed by atoms with Gasteiger partial charge in [0.1, 0.15) is 5.82 Å². The molecule has 1 saturated heterocycles. The molecule has 1 N–H and O–H groups in total. The predicted molar refractivity (Wildman–Crippen MR) is 66.0 cm³/mol. The van der Waals surface area contributed by atoms with Crippen molar-refractivity contribution in [2.24, 2.45) is 5.92 Å². The minimum atomic E-state index is -0.436. The summed E-state index contributed by atoms with van der Waals surface area (Å²) in [5, 5.41) is 10.0. The summed E-state index contributed by atoms with van der Waals surface area (Å²) in [7, 11) is 0. The van der Waals surface area contributed by atoms with Gasteiger partial charge in [0, 0.05) is 0 Å². The molecule has 16 heavy (non-hydrogen) atoms. The van der Waals surface area contributed by atoms with E-state index in [0.29, 0.717) is 5.92 Å². The van der Waals surface area contributed by atoms with Crippen molar-refractivity contribution in [2.45, 2.75) is 25.4 Å². The summed E-state index contributed by atoms with van der Waals surface area (Å²) >= 11 is 1.99. The Hall–Kier alpha value is -0.540. The molecule has 1 aliphatic rings. The Bertz CT molecular complexity index is 319. The Morgan fingerprint density at radius 3 is 2.50 bits per heavy atom. The molecular weight excluding hydrogens is 223 g/mol. The van der Waals surface area contributed by atoms with E-state index in [1.807, 2.05) is 11.8 Å². The molecule has 0 aliphatic carbocycles. The number of halogens is 1. The monoisotopic (exact) mass is 240 g/mol. The van der Waals surface area contributed by atoms with Gasteiger partial charge in [-0.1, -0.05) is 12.1 Å². The number of benzene rings is 1. The van der Waals surface area contributed by atoms with Crippen LogP contribution in [-0.4, -0.2) is 16.6 Å². The average molecular weight is 240 g/mol. The van der Waals surface area contributed by atoms with Gasteiger partial charge in [0.15, 0.2) is 0 Å². The molecular formula is C13H17FOS. The molecule has 2 rings (SSSR count). The van der Waals surface area contributed by atoms with E-state index < -0.39 is 6.10 Å². The summed E-state index contributed by atoms with van der Waals surface area (Å²) in [5.41, 5.74) is 0.833. The maximum absolute atomic E-state index is 12.7. The highest BCUT2D eigenvalue weighted by molar-refractivity contribution is 7.99. The van der Waals surface area contributed by atoms with Gasteiger partial charge in [0.05, 0.1) is 6.10 Å². The highest BCUT2D eigenvalue weighted by Crippen LogP contribution is 2.30. The quantitative estimate of drug-likeness (QED) is 0.874. The van der Waals surface area contributed by atoms with Gasteiger partial charge in [-0.2, -0.15) is 11.8 Å². The van der Waals surface area contributed by atoms with Crippen molar-refractivity contribution in [3.63, 3.8) is 0 Å². The van der Waals surface area contributed by atoms with Crippen molar-refractivity contribution in [1.82, 2.24) is 0 Å². The lowest BCUT2D eigenvalue weighted by Gasteiger charge is -2.23. The summed E-state index contributed by atoms with van der Waals surface area (Å²) in [4.78, 5) is 0. The first kappa shape index (κ1) is 11.9. The van der Waals surface area contributed by atoms with E-state index >= 15 is 0 Å². The van der Waals surface area contributed by atoms with Gasteiger partial charge in [-0.05, 0) is 54.4 Å². The number of aliphatic hydroxyl groups excluding tert-OH is 1. The standard InChI is InChI=1S/C13H17FOS/c14-12-3-1-11(2-4-12)13(15)9-10-5-7-16-8-6-10/h1-4,10,13,15H,5-9H2. The first-order valence-corrected chi connectivity index (χ1v) is 6.92. The highest BCUT2D eigenvalue weighted by Gasteiger charge is 2.18. The average Bonchev–Trinajstić information content (AvgIpc) is 2.31. The Morgan fingerprint density at radius 2 is 1.88 bits per heavy atom. The van der Waals surface area contributed by atoms with E-state index in [2.05, 4.69) is 0 Å². The fraction of sp³-hybridized carbons (Fsp3) is 0.538. The fourth-order valence-electron chi connectivity index (χ4n) is 2.12. The Balaban J connectivity index is 1.91. The van der Waals surface area contributed by atoms with Crippen LogP contribution in [0.4, 0.5) is 4.39 Å². The van der Waals surface area contributed by atoms with Crippen LogP contribution in [-0.2, 0) is 0 Å². The number of hydrogen-bond donors (Lipinski definition) is 1. The molecule has 1 atom stereocenters. The van der Waals surface area contributed by atoms with E-state index in [9.17, 15) is 9.50 Å². The van der Waals surface area contributed by atoms with Crippen molar-refractivity contribution >= 4 is 11.8 Å². The second kappa shape index (κ2) is 5.69. The highest BCUT2D eigenvalue weighted by atomic mass is 32.2. The van der Waals surface area contributed by atoms with Gasteiger partial charge >= 0.3 is 0 Å². The van der Waals surface area contributed by atoms with E-state index in [0.717, 1.165) is 12.0 Å². The molecule has 1 unspecified atom stereocenters. The van der Waals surface area contributed by atoms with Crippen molar-refractivity contribution in [3.05, 3.63) is 35.6 Å². The molecule has 88 valence electrons. The predicted octanol–water partition coefficient (Wildman–Crippen LogP) is 3.39. The zero-order valence-electron chi connectivity index (χ0n) is 9.23. The van der Waals surface area contributed by atoms with E-state index in [-0.39, 0.29) is 5.82 Å². The minimum Gasteiger partial charge on any atom is -0.388 e. The number of rotatable bonds is 3. The van der Waals surface area contributed by atoms with Crippen LogP contribution < -0.4 is 0 Å². The van der Waals surface area contributed by atoms with Gasteiger partial charge in [-0.3, -0.25) is 0 Å². The molecule has 1 nitrogen and oxygen atoms in total. The van der Waals surface area contributed by atoms with E-state index in [1.54, 1.807) is 12.1 Å². The van der Waals surface area contributed by atoms with Gasteiger partial charge in [0.2, 0.25) is 0 Å². The molecule has 1 fully saturated rings. The summed E-state index contributed by atoms with van der Waals surface area (Å²) < 4.78 is 12.7. The van der Waals surface area contributed by atoms with Crippen LogP contribution >= 0.6 is 11.8 Å². The maximum Gasteiger partial charge on any atom is 0.123 e. The molecule has 0 aromatic heterocycles. The van der Waals surface area contributed by atoms with E-state index in [1.165, 1.54) is 36.5 Å². The van der Waals surface area contributed by atoms with Crippen LogP contribution in [0.1, 0.15) is 30.9 Å². The largest absolute Gasteiger partial charge is 0.388 e. The van der Waals surface area contributed by atoms with Crippen molar-refractivity contribution in [1.29, 1.82) is 0 Å². The Labute approximate surface area is 100 Å². The minimum absolute atomic E-state index is 0.245. The van der Waals surface area contributed by atoms with Crippen molar-refractivity contribution in [3.8, 4) is 0 Å². The van der Waals surface area contributed by atoms with E-state index in [4.69, 9.17) is 0 Å². The molecule has 0 spiro atoms. The molecule has 0 saturated carbocycles. The molecule has 0 bridgehead atoms. The topological polar surface area (TPSA) is 20.2 Å². The number of thioether (sulfide) groups is 1. The molecule has 1 aliphatic heterocycles. The third kappa shape index (κ3) is 3.22. The van der Waals surface area contributed by atoms with Crippen LogP contribution in [0.25, 0.3) is 0 Å². The van der Waals surface area contributed by atoms with Crippen LogP contribution in [0.3, 0.4) is 0 Å². The lowest BCUT2D eigenvalue weighted by atomic mass is 9.92. The lowest BCUT2D eigenvalue weighted by Crippen LogP contribution is -2.13. The zero-order chi connectivity index (χ0) is 11.4. The van der Waals surface area contributed by atoms with Gasteiger partial charge < -0.3 is 5.11 Å². The van der Waals surface area contributed by atoms with Crippen LogP contribution in [0, 0.1) is 11.7 Å². The van der Waals surface area contributed by atoms with Gasteiger partial charge in [0.25, 0.3) is 0 Å². The summed E-state index contributed by atoms with van der Waals surface area (Å²) in [5.74, 6) is 2.80. The molecule has 1 aromatic rings. The summed E-state index contributed by atoms with van der Waals surface area (Å²) in [6, 6.07) is 6.18. The SMILES string of the molecule is OC(CC1CCSCC1)c1ccc(F)cc1. The third-order valence-corrected chi connectivity index (χ3v) is 4.20. The number of hydrogen-bond acceptors (Lipinski definition) is 2. The molecule has 1 aromatic carbocycles. The second-order valence-corrected chi connectivity index (χ2v) is 5.58. The van der Waals surface area contributed by atoms with Crippen LogP contribution in [0.2, 0.25) is 0 Å². The normalized spacial score (nSPS) is 19.6. The zero-order valence-corrected chi connectivity index (χ0v) is 10.0. The smallest absolute Gasteiger partial charge is 0.123 e.